The van der Waals surface area contributed by atoms with Crippen LogP contribution in [0.3, 0.4) is 0 Å². The molecule has 1 aliphatic rings. The van der Waals surface area contributed by atoms with Gasteiger partial charge < -0.3 is 14.8 Å². The van der Waals surface area contributed by atoms with Crippen molar-refractivity contribution >= 4 is 5.91 Å². The molecule has 1 aromatic carbocycles. The van der Waals surface area contributed by atoms with E-state index in [1.54, 1.807) is 12.1 Å². The van der Waals surface area contributed by atoms with Gasteiger partial charge in [0.15, 0.2) is 11.5 Å². The molecule has 0 radical (unpaired) electrons. The molecule has 1 aromatic rings. The quantitative estimate of drug-likeness (QED) is 0.872. The zero-order chi connectivity index (χ0) is 15.1. The van der Waals surface area contributed by atoms with Gasteiger partial charge in [-0.2, -0.15) is 0 Å². The molecule has 0 aromatic heterocycles. The summed E-state index contributed by atoms with van der Waals surface area (Å²) in [5.41, 5.74) is 0.632. The van der Waals surface area contributed by atoms with Crippen molar-refractivity contribution in [2.45, 2.75) is 52.0 Å². The van der Waals surface area contributed by atoms with Crippen molar-refractivity contribution in [1.29, 1.82) is 0 Å². The minimum atomic E-state index is -0.0223. The molecule has 0 aliphatic heterocycles. The maximum Gasteiger partial charge on any atom is 0.251 e. The summed E-state index contributed by atoms with van der Waals surface area (Å²) in [6.45, 7) is 4.98. The molecule has 0 heterocycles. The number of hydrogen-bond acceptors (Lipinski definition) is 3. The molecular weight excluding hydrogens is 266 g/mol. The van der Waals surface area contributed by atoms with E-state index in [-0.39, 0.29) is 5.91 Å². The van der Waals surface area contributed by atoms with E-state index >= 15 is 0 Å². The van der Waals surface area contributed by atoms with E-state index in [9.17, 15) is 4.79 Å². The minimum Gasteiger partial charge on any atom is -0.490 e. The maximum absolute atomic E-state index is 12.3. The van der Waals surface area contributed by atoms with Gasteiger partial charge >= 0.3 is 0 Å². The molecule has 1 saturated carbocycles. The fraction of sp³-hybridized carbons (Fsp3) is 0.588. The summed E-state index contributed by atoms with van der Waals surface area (Å²) in [4.78, 5) is 12.3. The first kappa shape index (κ1) is 15.7. The number of nitrogens with one attached hydrogen (secondary N) is 1. The number of rotatable bonds is 6. The van der Waals surface area contributed by atoms with Crippen LogP contribution in [0.5, 0.6) is 11.5 Å². The number of carbonyl (C=O) groups is 1. The molecule has 1 amide bonds. The summed E-state index contributed by atoms with van der Waals surface area (Å²) in [6, 6.07) is 5.69. The monoisotopic (exact) mass is 291 g/mol. The molecule has 4 heteroatoms. The summed E-state index contributed by atoms with van der Waals surface area (Å²) in [7, 11) is 0. The highest BCUT2D eigenvalue weighted by molar-refractivity contribution is 5.95. The van der Waals surface area contributed by atoms with Crippen molar-refractivity contribution in [1.82, 2.24) is 5.32 Å². The number of carbonyl (C=O) groups excluding carboxylic acids is 1. The van der Waals surface area contributed by atoms with Crippen molar-refractivity contribution in [2.75, 3.05) is 13.2 Å². The average Bonchev–Trinajstić information content (AvgIpc) is 2.50. The summed E-state index contributed by atoms with van der Waals surface area (Å²) >= 11 is 0. The second kappa shape index (κ2) is 7.91. The van der Waals surface area contributed by atoms with Crippen molar-refractivity contribution in [3.05, 3.63) is 23.8 Å². The number of ether oxygens (including phenoxy) is 2. The number of hydrogen-bond donors (Lipinski definition) is 1. The van der Waals surface area contributed by atoms with Crippen molar-refractivity contribution in [2.24, 2.45) is 0 Å². The van der Waals surface area contributed by atoms with E-state index in [0.29, 0.717) is 36.3 Å². The van der Waals surface area contributed by atoms with Crippen LogP contribution in [0.15, 0.2) is 18.2 Å². The van der Waals surface area contributed by atoms with Gasteiger partial charge in [0.2, 0.25) is 0 Å². The van der Waals surface area contributed by atoms with Gasteiger partial charge in [-0.15, -0.1) is 0 Å². The molecule has 116 valence electrons. The summed E-state index contributed by atoms with van der Waals surface area (Å²) < 4.78 is 11.1. The highest BCUT2D eigenvalue weighted by Gasteiger charge is 2.18. The Labute approximate surface area is 126 Å². The molecule has 1 fully saturated rings. The normalized spacial score (nSPS) is 15.5. The van der Waals surface area contributed by atoms with Crippen LogP contribution in [0.2, 0.25) is 0 Å². The van der Waals surface area contributed by atoms with Gasteiger partial charge in [-0.25, -0.2) is 0 Å². The Balaban J connectivity index is 2.07. The first-order chi connectivity index (χ1) is 10.2. The number of benzene rings is 1. The van der Waals surface area contributed by atoms with E-state index in [1.165, 1.54) is 19.3 Å². The SMILES string of the molecule is CCOc1ccc(C(=O)NC2CCCCC2)cc1OCC. The topological polar surface area (TPSA) is 47.6 Å². The third kappa shape index (κ3) is 4.38. The molecule has 0 atom stereocenters. The Hall–Kier alpha value is -1.71. The van der Waals surface area contributed by atoms with E-state index in [1.807, 2.05) is 19.9 Å². The fourth-order valence-electron chi connectivity index (χ4n) is 2.71. The van der Waals surface area contributed by atoms with E-state index in [2.05, 4.69) is 5.32 Å². The lowest BCUT2D eigenvalue weighted by Gasteiger charge is -2.23. The van der Waals surface area contributed by atoms with Crippen LogP contribution >= 0.6 is 0 Å². The van der Waals surface area contributed by atoms with E-state index in [0.717, 1.165) is 12.8 Å². The largest absolute Gasteiger partial charge is 0.490 e. The molecule has 0 saturated heterocycles. The third-order valence-electron chi connectivity index (χ3n) is 3.75. The summed E-state index contributed by atoms with van der Waals surface area (Å²) in [5, 5.41) is 3.12. The Morgan fingerprint density at radius 3 is 2.43 bits per heavy atom. The number of amides is 1. The van der Waals surface area contributed by atoms with Crippen molar-refractivity contribution in [3.63, 3.8) is 0 Å². The van der Waals surface area contributed by atoms with Crippen LogP contribution in [0.25, 0.3) is 0 Å². The van der Waals surface area contributed by atoms with Gasteiger partial charge in [0.05, 0.1) is 13.2 Å². The van der Waals surface area contributed by atoms with Gasteiger partial charge in [-0.1, -0.05) is 19.3 Å². The predicted molar refractivity (Wildman–Crippen MR) is 83.1 cm³/mol. The second-order valence-corrected chi connectivity index (χ2v) is 5.34. The van der Waals surface area contributed by atoms with E-state index in [4.69, 9.17) is 9.47 Å². The molecular formula is C17H25NO3. The van der Waals surface area contributed by atoms with Crippen LogP contribution < -0.4 is 14.8 Å². The molecule has 0 unspecified atom stereocenters. The molecule has 2 rings (SSSR count). The first-order valence-corrected chi connectivity index (χ1v) is 7.95. The third-order valence-corrected chi connectivity index (χ3v) is 3.75. The molecule has 1 aliphatic carbocycles. The van der Waals surface area contributed by atoms with Gasteiger partial charge in [-0.3, -0.25) is 4.79 Å². The van der Waals surface area contributed by atoms with Crippen molar-refractivity contribution in [3.8, 4) is 11.5 Å². The van der Waals surface area contributed by atoms with Gasteiger partial charge in [0.25, 0.3) is 5.91 Å². The maximum atomic E-state index is 12.3. The predicted octanol–water partition coefficient (Wildman–Crippen LogP) is 3.55. The van der Waals surface area contributed by atoms with Gasteiger partial charge in [0, 0.05) is 11.6 Å². The smallest absolute Gasteiger partial charge is 0.251 e. The van der Waals surface area contributed by atoms with E-state index < -0.39 is 0 Å². The van der Waals surface area contributed by atoms with Crippen LogP contribution in [-0.4, -0.2) is 25.2 Å². The lowest BCUT2D eigenvalue weighted by atomic mass is 9.95. The first-order valence-electron chi connectivity index (χ1n) is 7.95. The Bertz CT molecular complexity index is 467. The molecule has 21 heavy (non-hydrogen) atoms. The van der Waals surface area contributed by atoms with Crippen LogP contribution in [-0.2, 0) is 0 Å². The highest BCUT2D eigenvalue weighted by Crippen LogP contribution is 2.28. The van der Waals surface area contributed by atoms with Gasteiger partial charge in [-0.05, 0) is 44.9 Å². The van der Waals surface area contributed by atoms with Crippen LogP contribution in [0.4, 0.5) is 0 Å². The van der Waals surface area contributed by atoms with Crippen molar-refractivity contribution < 1.29 is 14.3 Å². The lowest BCUT2D eigenvalue weighted by Crippen LogP contribution is -2.36. The molecule has 0 spiro atoms. The lowest BCUT2D eigenvalue weighted by molar-refractivity contribution is 0.0927. The Morgan fingerprint density at radius 1 is 1.10 bits per heavy atom. The zero-order valence-electron chi connectivity index (χ0n) is 13.0. The second-order valence-electron chi connectivity index (χ2n) is 5.34. The minimum absolute atomic E-state index is 0.0223. The summed E-state index contributed by atoms with van der Waals surface area (Å²) in [6.07, 6.45) is 5.86. The van der Waals surface area contributed by atoms with Crippen LogP contribution in [0, 0.1) is 0 Å². The average molecular weight is 291 g/mol. The molecule has 1 N–H and O–H groups in total. The Morgan fingerprint density at radius 2 is 1.76 bits per heavy atom. The molecule has 4 nitrogen and oxygen atoms in total. The highest BCUT2D eigenvalue weighted by atomic mass is 16.5. The zero-order valence-corrected chi connectivity index (χ0v) is 13.0. The molecule has 0 bridgehead atoms. The Kier molecular flexibility index (Phi) is 5.90. The fourth-order valence-corrected chi connectivity index (χ4v) is 2.71. The summed E-state index contributed by atoms with van der Waals surface area (Å²) in [5.74, 6) is 1.30. The van der Waals surface area contributed by atoms with Crippen LogP contribution in [0.1, 0.15) is 56.3 Å². The standard InChI is InChI=1S/C17H25NO3/c1-3-20-15-11-10-13(12-16(15)21-4-2)17(19)18-14-8-6-5-7-9-14/h10-12,14H,3-9H2,1-2H3,(H,18,19). The van der Waals surface area contributed by atoms with Gasteiger partial charge in [0.1, 0.15) is 0 Å².